The normalized spacial score (nSPS) is 10.9. The molecule has 0 aliphatic carbocycles. The van der Waals surface area contributed by atoms with Crippen LogP contribution in [0.1, 0.15) is 16.7 Å². The second kappa shape index (κ2) is 10.9. The number of amides is 1. The molecule has 2 aromatic heterocycles. The Morgan fingerprint density at radius 1 is 0.944 bits per heavy atom. The van der Waals surface area contributed by atoms with Gasteiger partial charge in [-0.25, -0.2) is 9.78 Å². The van der Waals surface area contributed by atoms with E-state index >= 15 is 0 Å². The van der Waals surface area contributed by atoms with Crippen molar-refractivity contribution < 1.29 is 14.3 Å². The SMILES string of the molecule is COc1ccc(CCNC(=O)Cn2c(=O)n(Cc3ccc(C)cc3)c(=O)c3ncccc32)cc1OC. The highest BCUT2D eigenvalue weighted by molar-refractivity contribution is 5.79. The summed E-state index contributed by atoms with van der Waals surface area (Å²) < 4.78 is 13.0. The molecule has 0 aliphatic heterocycles. The smallest absolute Gasteiger partial charge is 0.332 e. The lowest BCUT2D eigenvalue weighted by Gasteiger charge is -2.14. The monoisotopic (exact) mass is 488 g/mol. The summed E-state index contributed by atoms with van der Waals surface area (Å²) in [5, 5.41) is 2.85. The van der Waals surface area contributed by atoms with Gasteiger partial charge in [-0.2, -0.15) is 0 Å². The average Bonchev–Trinajstić information content (AvgIpc) is 2.90. The minimum Gasteiger partial charge on any atom is -0.493 e. The number of fused-ring (bicyclic) bond motifs is 1. The Labute approximate surface area is 207 Å². The minimum atomic E-state index is -0.559. The Morgan fingerprint density at radius 3 is 2.39 bits per heavy atom. The van der Waals surface area contributed by atoms with E-state index < -0.39 is 11.2 Å². The summed E-state index contributed by atoms with van der Waals surface area (Å²) in [6, 6.07) is 16.4. The molecule has 0 fully saturated rings. The van der Waals surface area contributed by atoms with Gasteiger partial charge in [0.2, 0.25) is 5.91 Å². The molecular weight excluding hydrogens is 460 g/mol. The molecule has 2 heterocycles. The van der Waals surface area contributed by atoms with Crippen molar-refractivity contribution in [3.05, 3.63) is 98.3 Å². The van der Waals surface area contributed by atoms with E-state index in [1.807, 2.05) is 49.4 Å². The van der Waals surface area contributed by atoms with Crippen LogP contribution in [0.4, 0.5) is 0 Å². The molecule has 1 N–H and O–H groups in total. The Bertz CT molecular complexity index is 1510. The molecule has 0 atom stereocenters. The lowest BCUT2D eigenvalue weighted by molar-refractivity contribution is -0.121. The van der Waals surface area contributed by atoms with Crippen molar-refractivity contribution in [1.82, 2.24) is 19.4 Å². The van der Waals surface area contributed by atoms with E-state index in [1.165, 1.54) is 10.8 Å². The van der Waals surface area contributed by atoms with E-state index in [-0.39, 0.29) is 24.5 Å². The Morgan fingerprint density at radius 2 is 1.67 bits per heavy atom. The van der Waals surface area contributed by atoms with E-state index in [2.05, 4.69) is 10.3 Å². The van der Waals surface area contributed by atoms with Crippen molar-refractivity contribution in [2.75, 3.05) is 20.8 Å². The van der Waals surface area contributed by atoms with Gasteiger partial charge < -0.3 is 14.8 Å². The number of ether oxygens (including phenoxy) is 2. The molecule has 0 radical (unpaired) electrons. The van der Waals surface area contributed by atoms with Crippen LogP contribution < -0.4 is 26.0 Å². The van der Waals surface area contributed by atoms with Gasteiger partial charge in [-0.05, 0) is 48.7 Å². The zero-order valence-corrected chi connectivity index (χ0v) is 20.5. The number of nitrogens with one attached hydrogen (secondary N) is 1. The second-order valence-electron chi connectivity index (χ2n) is 8.41. The molecule has 4 rings (SSSR count). The zero-order valence-electron chi connectivity index (χ0n) is 20.5. The highest BCUT2D eigenvalue weighted by Gasteiger charge is 2.16. The van der Waals surface area contributed by atoms with E-state index in [1.54, 1.807) is 26.4 Å². The average molecular weight is 489 g/mol. The first-order chi connectivity index (χ1) is 17.4. The summed E-state index contributed by atoms with van der Waals surface area (Å²) in [6.45, 7) is 2.18. The highest BCUT2D eigenvalue weighted by atomic mass is 16.5. The van der Waals surface area contributed by atoms with E-state index in [4.69, 9.17) is 9.47 Å². The van der Waals surface area contributed by atoms with Gasteiger partial charge in [-0.3, -0.25) is 18.7 Å². The fraction of sp³-hybridized carbons (Fsp3) is 0.259. The lowest BCUT2D eigenvalue weighted by Crippen LogP contribution is -2.43. The summed E-state index contributed by atoms with van der Waals surface area (Å²) >= 11 is 0. The first-order valence-corrected chi connectivity index (χ1v) is 11.5. The maximum Gasteiger partial charge on any atom is 0.332 e. The molecule has 9 heteroatoms. The van der Waals surface area contributed by atoms with Crippen LogP contribution in [0.5, 0.6) is 11.5 Å². The van der Waals surface area contributed by atoms with Crippen LogP contribution in [-0.2, 0) is 24.3 Å². The lowest BCUT2D eigenvalue weighted by atomic mass is 10.1. The van der Waals surface area contributed by atoms with Gasteiger partial charge in [0.1, 0.15) is 6.54 Å². The van der Waals surface area contributed by atoms with Crippen molar-refractivity contribution in [2.45, 2.75) is 26.4 Å². The van der Waals surface area contributed by atoms with Crippen LogP contribution in [0.2, 0.25) is 0 Å². The molecule has 0 spiro atoms. The quantitative estimate of drug-likeness (QED) is 0.388. The first-order valence-electron chi connectivity index (χ1n) is 11.5. The fourth-order valence-corrected chi connectivity index (χ4v) is 3.99. The molecule has 0 saturated carbocycles. The summed E-state index contributed by atoms with van der Waals surface area (Å²) in [5.41, 5.74) is 2.27. The van der Waals surface area contributed by atoms with Gasteiger partial charge in [0.25, 0.3) is 5.56 Å². The molecule has 36 heavy (non-hydrogen) atoms. The summed E-state index contributed by atoms with van der Waals surface area (Å²) in [7, 11) is 3.14. The van der Waals surface area contributed by atoms with E-state index in [0.717, 1.165) is 21.3 Å². The summed E-state index contributed by atoms with van der Waals surface area (Å²) in [5.74, 6) is 0.900. The Kier molecular flexibility index (Phi) is 7.48. The number of methoxy groups -OCH3 is 2. The molecule has 0 unspecified atom stereocenters. The number of rotatable bonds is 9. The molecular formula is C27H28N4O5. The van der Waals surface area contributed by atoms with Crippen molar-refractivity contribution in [2.24, 2.45) is 0 Å². The third-order valence-corrected chi connectivity index (χ3v) is 5.93. The molecule has 186 valence electrons. The van der Waals surface area contributed by atoms with Gasteiger partial charge in [0.15, 0.2) is 17.0 Å². The third-order valence-electron chi connectivity index (χ3n) is 5.93. The Balaban J connectivity index is 1.54. The number of pyridine rings is 1. The predicted molar refractivity (Wildman–Crippen MR) is 137 cm³/mol. The standard InChI is InChI=1S/C27H28N4O5/c1-18-6-8-20(9-7-18)16-31-26(33)25-21(5-4-13-29-25)30(27(31)34)17-24(32)28-14-12-19-10-11-22(35-2)23(15-19)36-3/h4-11,13,15H,12,14,16-17H2,1-3H3,(H,28,32). The van der Waals surface area contributed by atoms with Crippen molar-refractivity contribution in [3.63, 3.8) is 0 Å². The number of carbonyl (C=O) groups is 1. The van der Waals surface area contributed by atoms with Gasteiger partial charge in [0.05, 0.1) is 26.3 Å². The van der Waals surface area contributed by atoms with Gasteiger partial charge in [0, 0.05) is 12.7 Å². The number of aromatic nitrogens is 3. The van der Waals surface area contributed by atoms with Crippen LogP contribution in [0, 0.1) is 6.92 Å². The molecule has 0 aliphatic rings. The van der Waals surface area contributed by atoms with Gasteiger partial charge >= 0.3 is 5.69 Å². The molecule has 0 saturated heterocycles. The Hall–Kier alpha value is -4.40. The van der Waals surface area contributed by atoms with Gasteiger partial charge in [-0.15, -0.1) is 0 Å². The van der Waals surface area contributed by atoms with E-state index in [9.17, 15) is 14.4 Å². The van der Waals surface area contributed by atoms with Gasteiger partial charge in [-0.1, -0.05) is 35.9 Å². The van der Waals surface area contributed by atoms with Crippen LogP contribution in [0.25, 0.3) is 11.0 Å². The molecule has 0 bridgehead atoms. The first kappa shape index (κ1) is 24.7. The van der Waals surface area contributed by atoms with Crippen molar-refractivity contribution >= 4 is 16.9 Å². The number of hydrogen-bond donors (Lipinski definition) is 1. The number of benzene rings is 2. The second-order valence-corrected chi connectivity index (χ2v) is 8.41. The van der Waals surface area contributed by atoms with Crippen LogP contribution >= 0.6 is 0 Å². The van der Waals surface area contributed by atoms with E-state index in [0.29, 0.717) is 30.0 Å². The minimum absolute atomic E-state index is 0.0887. The molecule has 4 aromatic rings. The third kappa shape index (κ3) is 5.30. The summed E-state index contributed by atoms with van der Waals surface area (Å²) in [6.07, 6.45) is 2.06. The number of hydrogen-bond acceptors (Lipinski definition) is 6. The van der Waals surface area contributed by atoms with Crippen LogP contribution in [-0.4, -0.2) is 40.8 Å². The van der Waals surface area contributed by atoms with Crippen LogP contribution in [0.3, 0.4) is 0 Å². The topological polar surface area (TPSA) is 104 Å². The van der Waals surface area contributed by atoms with Crippen molar-refractivity contribution in [1.29, 1.82) is 0 Å². The van der Waals surface area contributed by atoms with Crippen molar-refractivity contribution in [3.8, 4) is 11.5 Å². The maximum atomic E-state index is 13.3. The summed E-state index contributed by atoms with van der Waals surface area (Å²) in [4.78, 5) is 43.4. The predicted octanol–water partition coefficient (Wildman–Crippen LogP) is 2.29. The number of carbonyl (C=O) groups excluding carboxylic acids is 1. The number of nitrogens with zero attached hydrogens (tertiary/aromatic N) is 3. The molecule has 2 aromatic carbocycles. The van der Waals surface area contributed by atoms with Crippen LogP contribution in [0.15, 0.2) is 70.4 Å². The molecule has 9 nitrogen and oxygen atoms in total. The zero-order chi connectivity index (χ0) is 25.7. The highest BCUT2D eigenvalue weighted by Crippen LogP contribution is 2.27. The maximum absolute atomic E-state index is 13.3. The largest absolute Gasteiger partial charge is 0.493 e. The fourth-order valence-electron chi connectivity index (χ4n) is 3.99. The number of aryl methyl sites for hydroxylation is 1. The molecule has 1 amide bonds.